The molecule has 1 atom stereocenters. The number of carboxylic acids is 1. The number of carbonyl (C=O) groups is 2. The lowest BCUT2D eigenvalue weighted by Gasteiger charge is -2.07. The third kappa shape index (κ3) is 2.32. The van der Waals surface area contributed by atoms with Gasteiger partial charge in [0, 0.05) is 4.47 Å². The number of rotatable bonds is 3. The third-order valence-corrected chi connectivity index (χ3v) is 2.26. The van der Waals surface area contributed by atoms with Gasteiger partial charge in [-0.2, -0.15) is 0 Å². The summed E-state index contributed by atoms with van der Waals surface area (Å²) >= 11 is 3.21. The van der Waals surface area contributed by atoms with Gasteiger partial charge in [-0.15, -0.1) is 0 Å². The minimum Gasteiger partial charge on any atom is -0.480 e. The molecule has 14 heavy (non-hydrogen) atoms. The largest absolute Gasteiger partial charge is 0.480 e. The zero-order valence-corrected chi connectivity index (χ0v) is 8.69. The van der Waals surface area contributed by atoms with Gasteiger partial charge in [-0.05, 0) is 17.7 Å². The Hall–Kier alpha value is -1.36. The van der Waals surface area contributed by atoms with Crippen LogP contribution >= 0.6 is 15.9 Å². The first kappa shape index (κ1) is 10.7. The molecule has 1 rings (SSSR count). The first-order valence-corrected chi connectivity index (χ1v) is 4.59. The number of benzene rings is 1. The molecule has 0 saturated carbocycles. The highest BCUT2D eigenvalue weighted by molar-refractivity contribution is 9.10. The van der Waals surface area contributed by atoms with Crippen molar-refractivity contribution in [2.24, 2.45) is 5.73 Å². The Labute approximate surface area is 88.9 Å². The van der Waals surface area contributed by atoms with Crippen molar-refractivity contribution in [1.29, 1.82) is 0 Å². The molecule has 3 N–H and O–H groups in total. The monoisotopic (exact) mass is 257 g/mol. The molecule has 4 nitrogen and oxygen atoms in total. The molecule has 0 radical (unpaired) electrons. The van der Waals surface area contributed by atoms with E-state index in [0.29, 0.717) is 5.56 Å². The molecule has 0 saturated heterocycles. The standard InChI is InChI=1S/C9H8BrNO3/c10-6-3-1-5(2-4-6)7(8(11)12)9(13)14/h1-4,7H,(H2,11,12)(H,13,14). The second kappa shape index (κ2) is 4.23. The highest BCUT2D eigenvalue weighted by Crippen LogP contribution is 2.18. The molecule has 1 aromatic carbocycles. The Morgan fingerprint density at radius 3 is 2.14 bits per heavy atom. The minimum atomic E-state index is -1.27. The van der Waals surface area contributed by atoms with Crippen molar-refractivity contribution in [2.45, 2.75) is 5.92 Å². The van der Waals surface area contributed by atoms with Crippen LogP contribution in [0.25, 0.3) is 0 Å². The molecule has 0 aliphatic carbocycles. The van der Waals surface area contributed by atoms with Gasteiger partial charge >= 0.3 is 5.97 Å². The summed E-state index contributed by atoms with van der Waals surface area (Å²) in [5.41, 5.74) is 5.36. The zero-order chi connectivity index (χ0) is 10.7. The van der Waals surface area contributed by atoms with E-state index in [4.69, 9.17) is 10.8 Å². The number of aliphatic carboxylic acids is 1. The number of amides is 1. The zero-order valence-electron chi connectivity index (χ0n) is 7.11. The number of hydrogen-bond donors (Lipinski definition) is 2. The van der Waals surface area contributed by atoms with Crippen LogP contribution in [0, 0.1) is 0 Å². The number of hydrogen-bond acceptors (Lipinski definition) is 2. The van der Waals surface area contributed by atoms with E-state index in [-0.39, 0.29) is 0 Å². The quantitative estimate of drug-likeness (QED) is 0.796. The van der Waals surface area contributed by atoms with Gasteiger partial charge in [-0.1, -0.05) is 28.1 Å². The fourth-order valence-electron chi connectivity index (χ4n) is 1.08. The summed E-state index contributed by atoms with van der Waals surface area (Å²) in [7, 11) is 0. The fourth-order valence-corrected chi connectivity index (χ4v) is 1.35. The van der Waals surface area contributed by atoms with E-state index in [0.717, 1.165) is 4.47 Å². The predicted molar refractivity (Wildman–Crippen MR) is 53.7 cm³/mol. The van der Waals surface area contributed by atoms with Crippen LogP contribution in [0.2, 0.25) is 0 Å². The highest BCUT2D eigenvalue weighted by atomic mass is 79.9. The van der Waals surface area contributed by atoms with Crippen molar-refractivity contribution in [3.8, 4) is 0 Å². The Morgan fingerprint density at radius 2 is 1.79 bits per heavy atom. The number of halogens is 1. The number of carbonyl (C=O) groups excluding carboxylic acids is 1. The lowest BCUT2D eigenvalue weighted by Crippen LogP contribution is -2.27. The summed E-state index contributed by atoms with van der Waals surface area (Å²) in [6, 6.07) is 6.42. The molecule has 5 heteroatoms. The normalized spacial score (nSPS) is 12.1. The molecule has 0 heterocycles. The summed E-state index contributed by atoms with van der Waals surface area (Å²) in [6.07, 6.45) is 0. The first-order chi connectivity index (χ1) is 6.52. The fraction of sp³-hybridized carbons (Fsp3) is 0.111. The molecule has 0 spiro atoms. The van der Waals surface area contributed by atoms with Gasteiger partial charge in [0.05, 0.1) is 0 Å². The van der Waals surface area contributed by atoms with E-state index in [2.05, 4.69) is 15.9 Å². The second-order valence-electron chi connectivity index (χ2n) is 2.73. The topological polar surface area (TPSA) is 80.4 Å². The van der Waals surface area contributed by atoms with Crippen molar-refractivity contribution in [3.63, 3.8) is 0 Å². The highest BCUT2D eigenvalue weighted by Gasteiger charge is 2.25. The summed E-state index contributed by atoms with van der Waals surface area (Å²) in [6.45, 7) is 0. The van der Waals surface area contributed by atoms with Gasteiger partial charge in [0.25, 0.3) is 0 Å². The van der Waals surface area contributed by atoms with Gasteiger partial charge in [0.15, 0.2) is 5.92 Å². The molecular weight excluding hydrogens is 250 g/mol. The van der Waals surface area contributed by atoms with Crippen LogP contribution in [-0.4, -0.2) is 17.0 Å². The maximum Gasteiger partial charge on any atom is 0.320 e. The van der Waals surface area contributed by atoms with Crippen LogP contribution in [0.5, 0.6) is 0 Å². The van der Waals surface area contributed by atoms with E-state index < -0.39 is 17.8 Å². The van der Waals surface area contributed by atoms with E-state index in [1.54, 1.807) is 24.3 Å². The van der Waals surface area contributed by atoms with E-state index in [9.17, 15) is 9.59 Å². The van der Waals surface area contributed by atoms with Crippen LogP contribution in [0.1, 0.15) is 11.5 Å². The summed E-state index contributed by atoms with van der Waals surface area (Å²) in [4.78, 5) is 21.6. The maximum absolute atomic E-state index is 10.9. The van der Waals surface area contributed by atoms with Crippen LogP contribution in [0.3, 0.4) is 0 Å². The smallest absolute Gasteiger partial charge is 0.320 e. The molecular formula is C9H8BrNO3. The van der Waals surface area contributed by atoms with Crippen molar-refractivity contribution in [2.75, 3.05) is 0 Å². The van der Waals surface area contributed by atoms with Crippen LogP contribution in [-0.2, 0) is 9.59 Å². The Morgan fingerprint density at radius 1 is 1.29 bits per heavy atom. The minimum absolute atomic E-state index is 0.383. The van der Waals surface area contributed by atoms with Crippen LogP contribution in [0.15, 0.2) is 28.7 Å². The molecule has 1 unspecified atom stereocenters. The summed E-state index contributed by atoms with van der Waals surface area (Å²) in [5.74, 6) is -3.37. The Bertz CT molecular complexity index is 347. The van der Waals surface area contributed by atoms with Crippen molar-refractivity contribution in [1.82, 2.24) is 0 Å². The average Bonchev–Trinajstić information content (AvgIpc) is 2.07. The molecule has 0 fully saturated rings. The third-order valence-electron chi connectivity index (χ3n) is 1.73. The SMILES string of the molecule is NC(=O)C(C(=O)O)c1ccc(Br)cc1. The van der Waals surface area contributed by atoms with Gasteiger partial charge in [-0.25, -0.2) is 0 Å². The lowest BCUT2D eigenvalue weighted by atomic mass is 9.99. The summed E-state index contributed by atoms with van der Waals surface area (Å²) in [5, 5.41) is 8.75. The predicted octanol–water partition coefficient (Wildman–Crippen LogP) is 1.10. The lowest BCUT2D eigenvalue weighted by molar-refractivity contribution is -0.142. The van der Waals surface area contributed by atoms with E-state index in [1.807, 2.05) is 0 Å². The van der Waals surface area contributed by atoms with Crippen molar-refractivity contribution < 1.29 is 14.7 Å². The van der Waals surface area contributed by atoms with Crippen molar-refractivity contribution >= 4 is 27.8 Å². The molecule has 1 amide bonds. The van der Waals surface area contributed by atoms with Crippen LogP contribution < -0.4 is 5.73 Å². The molecule has 74 valence electrons. The Balaban J connectivity index is 3.06. The molecule has 0 bridgehead atoms. The summed E-state index contributed by atoms with van der Waals surface area (Å²) < 4.78 is 0.815. The molecule has 0 aliphatic heterocycles. The van der Waals surface area contributed by atoms with Gasteiger partial charge < -0.3 is 10.8 Å². The van der Waals surface area contributed by atoms with Crippen LogP contribution in [0.4, 0.5) is 0 Å². The molecule has 1 aromatic rings. The maximum atomic E-state index is 10.9. The Kier molecular flexibility index (Phi) is 3.24. The van der Waals surface area contributed by atoms with Gasteiger partial charge in [0.2, 0.25) is 5.91 Å². The second-order valence-corrected chi connectivity index (χ2v) is 3.64. The number of carboxylic acid groups (broad SMARTS) is 1. The van der Waals surface area contributed by atoms with E-state index in [1.165, 1.54) is 0 Å². The molecule has 0 aromatic heterocycles. The average molecular weight is 258 g/mol. The van der Waals surface area contributed by atoms with Gasteiger partial charge in [-0.3, -0.25) is 9.59 Å². The number of nitrogens with two attached hydrogens (primary N) is 1. The number of primary amides is 1. The van der Waals surface area contributed by atoms with Gasteiger partial charge in [0.1, 0.15) is 0 Å². The first-order valence-electron chi connectivity index (χ1n) is 3.80. The van der Waals surface area contributed by atoms with Crippen molar-refractivity contribution in [3.05, 3.63) is 34.3 Å². The molecule has 0 aliphatic rings. The van der Waals surface area contributed by atoms with E-state index >= 15 is 0 Å².